The molecule has 2 unspecified atom stereocenters. The van der Waals surface area contributed by atoms with Gasteiger partial charge in [0.15, 0.2) is 0 Å². The molecule has 5 N–H and O–H groups in total. The summed E-state index contributed by atoms with van der Waals surface area (Å²) in [4.78, 5) is 62.3. The fourth-order valence-electron chi connectivity index (χ4n) is 3.32. The highest BCUT2D eigenvalue weighted by atomic mass is 79.9. The minimum atomic E-state index is -1.66. The second kappa shape index (κ2) is 9.77. The van der Waals surface area contributed by atoms with Crippen molar-refractivity contribution in [2.24, 2.45) is 11.3 Å². The fourth-order valence-corrected chi connectivity index (χ4v) is 3.58. The summed E-state index contributed by atoms with van der Waals surface area (Å²) in [6, 6.07) is 3.70. The SMILES string of the molecule is CC(C)C1(CC(=O)NC(C(=O)O)C(C)(C)C)NC(=O)N(NC(=O)Nc2ccc(Br)cc2)C1=O. The molecule has 0 aliphatic carbocycles. The molecular weight excluding hydrogens is 498 g/mol. The van der Waals surface area contributed by atoms with Crippen LogP contribution in [0.15, 0.2) is 28.7 Å². The standard InChI is InChI=1S/C21H28BrN5O6/c1-11(2)21(10-14(28)24-15(16(29)30)20(3,4)5)17(31)27(19(33)25-21)26-18(32)23-13-8-6-12(22)7-9-13/h6-9,11,15H,10H2,1-5H3,(H,24,28)(H,25,33)(H,29,30)(H2,23,26,32). The van der Waals surface area contributed by atoms with Crippen molar-refractivity contribution in [3.05, 3.63) is 28.7 Å². The van der Waals surface area contributed by atoms with E-state index >= 15 is 0 Å². The number of nitrogens with one attached hydrogen (secondary N) is 4. The number of carboxylic acids is 1. The number of aliphatic carboxylic acids is 1. The van der Waals surface area contributed by atoms with Crippen molar-refractivity contribution < 1.29 is 29.1 Å². The Morgan fingerprint density at radius 3 is 2.21 bits per heavy atom. The molecule has 1 heterocycles. The molecule has 11 nitrogen and oxygen atoms in total. The van der Waals surface area contributed by atoms with E-state index < -0.39 is 59.2 Å². The molecule has 0 bridgehead atoms. The van der Waals surface area contributed by atoms with Crippen molar-refractivity contribution >= 4 is 51.5 Å². The van der Waals surface area contributed by atoms with Gasteiger partial charge in [0.25, 0.3) is 5.91 Å². The molecule has 1 aliphatic heterocycles. The van der Waals surface area contributed by atoms with Crippen molar-refractivity contribution in [1.82, 2.24) is 21.1 Å². The van der Waals surface area contributed by atoms with Crippen LogP contribution in [0.2, 0.25) is 0 Å². The molecule has 0 spiro atoms. The maximum atomic E-state index is 13.2. The highest BCUT2D eigenvalue weighted by molar-refractivity contribution is 9.10. The smallest absolute Gasteiger partial charge is 0.344 e. The lowest BCUT2D eigenvalue weighted by Gasteiger charge is -2.32. The van der Waals surface area contributed by atoms with E-state index in [1.165, 1.54) is 0 Å². The molecule has 0 saturated carbocycles. The number of carbonyl (C=O) groups is 5. The molecule has 0 aromatic heterocycles. The van der Waals surface area contributed by atoms with Gasteiger partial charge in [-0.25, -0.2) is 19.8 Å². The number of benzene rings is 1. The molecule has 33 heavy (non-hydrogen) atoms. The van der Waals surface area contributed by atoms with E-state index in [1.807, 2.05) is 0 Å². The van der Waals surface area contributed by atoms with Crippen LogP contribution in [-0.2, 0) is 14.4 Å². The third kappa shape index (κ3) is 6.01. The number of urea groups is 2. The van der Waals surface area contributed by atoms with Gasteiger partial charge in [0, 0.05) is 10.2 Å². The number of hydrogen-bond donors (Lipinski definition) is 5. The van der Waals surface area contributed by atoms with Crippen molar-refractivity contribution in [3.63, 3.8) is 0 Å². The average molecular weight is 526 g/mol. The Labute approximate surface area is 199 Å². The Morgan fingerprint density at radius 1 is 1.15 bits per heavy atom. The van der Waals surface area contributed by atoms with Crippen LogP contribution in [0.25, 0.3) is 0 Å². The number of rotatable bonds is 7. The summed E-state index contributed by atoms with van der Waals surface area (Å²) in [6.45, 7) is 8.23. The summed E-state index contributed by atoms with van der Waals surface area (Å²) in [5, 5.41) is 17.4. The maximum Gasteiger partial charge on any atom is 0.344 e. The zero-order valence-corrected chi connectivity index (χ0v) is 20.6. The number of hydrogen-bond acceptors (Lipinski definition) is 5. The monoisotopic (exact) mass is 525 g/mol. The Hall–Kier alpha value is -3.15. The van der Waals surface area contributed by atoms with E-state index in [0.717, 1.165) is 4.47 Å². The Balaban J connectivity index is 2.16. The molecule has 2 atom stereocenters. The van der Waals surface area contributed by atoms with Crippen LogP contribution in [0.1, 0.15) is 41.0 Å². The first-order chi connectivity index (χ1) is 15.2. The van der Waals surface area contributed by atoms with Gasteiger partial charge < -0.3 is 21.1 Å². The molecule has 2 rings (SSSR count). The van der Waals surface area contributed by atoms with E-state index in [2.05, 4.69) is 37.3 Å². The van der Waals surface area contributed by atoms with Crippen LogP contribution in [0.4, 0.5) is 15.3 Å². The maximum absolute atomic E-state index is 13.2. The minimum absolute atomic E-state index is 0.430. The number of carboxylic acid groups (broad SMARTS) is 1. The Morgan fingerprint density at radius 2 is 1.73 bits per heavy atom. The predicted octanol–water partition coefficient (Wildman–Crippen LogP) is 2.44. The number of halogens is 1. The highest BCUT2D eigenvalue weighted by Crippen LogP contribution is 2.29. The van der Waals surface area contributed by atoms with Crippen LogP contribution < -0.4 is 21.4 Å². The van der Waals surface area contributed by atoms with Gasteiger partial charge in [-0.3, -0.25) is 9.59 Å². The van der Waals surface area contributed by atoms with Crippen molar-refractivity contribution in [2.75, 3.05) is 5.32 Å². The molecule has 1 aromatic carbocycles. The second-order valence-corrected chi connectivity index (χ2v) is 10.1. The minimum Gasteiger partial charge on any atom is -0.480 e. The van der Waals surface area contributed by atoms with Gasteiger partial charge in [-0.2, -0.15) is 5.01 Å². The predicted molar refractivity (Wildman–Crippen MR) is 123 cm³/mol. The lowest BCUT2D eigenvalue weighted by molar-refractivity contribution is -0.145. The van der Waals surface area contributed by atoms with Gasteiger partial charge in [0.2, 0.25) is 5.91 Å². The normalized spacial score (nSPS) is 19.2. The van der Waals surface area contributed by atoms with Crippen LogP contribution in [0.5, 0.6) is 0 Å². The lowest BCUT2D eigenvalue weighted by atomic mass is 9.82. The summed E-state index contributed by atoms with van der Waals surface area (Å²) in [6.07, 6.45) is -0.498. The van der Waals surface area contributed by atoms with Gasteiger partial charge in [-0.05, 0) is 35.6 Å². The molecule has 1 aromatic rings. The summed E-state index contributed by atoms with van der Waals surface area (Å²) < 4.78 is 0.805. The van der Waals surface area contributed by atoms with Gasteiger partial charge in [-0.1, -0.05) is 50.5 Å². The molecular formula is C21H28BrN5O6. The first kappa shape index (κ1) is 26.1. The number of amides is 6. The first-order valence-electron chi connectivity index (χ1n) is 10.2. The van der Waals surface area contributed by atoms with E-state index in [0.29, 0.717) is 10.7 Å². The van der Waals surface area contributed by atoms with Crippen molar-refractivity contribution in [2.45, 2.75) is 52.6 Å². The summed E-state index contributed by atoms with van der Waals surface area (Å²) in [5.74, 6) is -3.31. The first-order valence-corrected chi connectivity index (χ1v) is 11.0. The summed E-state index contributed by atoms with van der Waals surface area (Å²) >= 11 is 3.28. The number of nitrogens with zero attached hydrogens (tertiary/aromatic N) is 1. The van der Waals surface area contributed by atoms with Crippen LogP contribution in [0.3, 0.4) is 0 Å². The molecule has 12 heteroatoms. The van der Waals surface area contributed by atoms with Gasteiger partial charge in [0.05, 0.1) is 6.42 Å². The van der Waals surface area contributed by atoms with Crippen LogP contribution in [-0.4, -0.2) is 51.5 Å². The van der Waals surface area contributed by atoms with Crippen molar-refractivity contribution in [1.29, 1.82) is 0 Å². The number of hydrazine groups is 1. The molecule has 1 aliphatic rings. The molecule has 6 amide bonds. The Bertz CT molecular complexity index is 959. The molecule has 1 fully saturated rings. The van der Waals surface area contributed by atoms with Gasteiger partial charge in [0.1, 0.15) is 11.6 Å². The number of carbonyl (C=O) groups excluding carboxylic acids is 4. The highest BCUT2D eigenvalue weighted by Gasteiger charge is 2.55. The van der Waals surface area contributed by atoms with Crippen LogP contribution >= 0.6 is 15.9 Å². The average Bonchev–Trinajstić information content (AvgIpc) is 2.92. The third-order valence-electron chi connectivity index (χ3n) is 5.28. The molecule has 180 valence electrons. The van der Waals surface area contributed by atoms with E-state index in [4.69, 9.17) is 0 Å². The second-order valence-electron chi connectivity index (χ2n) is 9.15. The zero-order chi connectivity index (χ0) is 25.1. The van der Waals surface area contributed by atoms with Gasteiger partial charge >= 0.3 is 18.0 Å². The van der Waals surface area contributed by atoms with Gasteiger partial charge in [-0.15, -0.1) is 0 Å². The Kier molecular flexibility index (Phi) is 7.73. The third-order valence-corrected chi connectivity index (χ3v) is 5.81. The zero-order valence-electron chi connectivity index (χ0n) is 19.0. The topological polar surface area (TPSA) is 157 Å². The van der Waals surface area contributed by atoms with E-state index in [1.54, 1.807) is 58.9 Å². The fraction of sp³-hybridized carbons (Fsp3) is 0.476. The number of imide groups is 1. The largest absolute Gasteiger partial charge is 0.480 e. The quantitative estimate of drug-likeness (QED) is 0.344. The molecule has 1 saturated heterocycles. The van der Waals surface area contributed by atoms with E-state index in [9.17, 15) is 29.1 Å². The summed E-state index contributed by atoms with van der Waals surface area (Å²) in [7, 11) is 0. The number of anilines is 1. The molecule has 0 radical (unpaired) electrons. The van der Waals surface area contributed by atoms with Crippen LogP contribution in [0, 0.1) is 11.3 Å². The van der Waals surface area contributed by atoms with E-state index in [-0.39, 0.29) is 0 Å². The summed E-state index contributed by atoms with van der Waals surface area (Å²) in [5.41, 5.74) is 0.178. The lowest BCUT2D eigenvalue weighted by Crippen LogP contribution is -2.57. The van der Waals surface area contributed by atoms with Crippen molar-refractivity contribution in [3.8, 4) is 0 Å².